The smallest absolute Gasteiger partial charge is 0.127 e. The summed E-state index contributed by atoms with van der Waals surface area (Å²) < 4.78 is 0. The second kappa shape index (κ2) is 4.15. The minimum Gasteiger partial charge on any atom is -0.341 e. The third kappa shape index (κ3) is 1.70. The molecule has 3 nitrogen and oxygen atoms in total. The Morgan fingerprint density at radius 1 is 1.28 bits per heavy atom. The standard InChI is InChI=1S/C14H12ClN3/c15-11-4-2-10(3-5-11)12-8-17-13(18-12)14(9-16)6-1-7-14/h2-5,8H,1,6-7H2,(H,17,18). The summed E-state index contributed by atoms with van der Waals surface area (Å²) in [6.07, 6.45) is 4.69. The topological polar surface area (TPSA) is 52.5 Å². The molecule has 3 rings (SSSR count). The van der Waals surface area contributed by atoms with Crippen LogP contribution in [0.2, 0.25) is 5.02 Å². The second-order valence-electron chi connectivity index (χ2n) is 4.70. The summed E-state index contributed by atoms with van der Waals surface area (Å²) in [5, 5.41) is 9.99. The first-order chi connectivity index (χ1) is 8.73. The fourth-order valence-electron chi connectivity index (χ4n) is 2.27. The molecule has 0 aliphatic heterocycles. The van der Waals surface area contributed by atoms with Gasteiger partial charge in [0.2, 0.25) is 0 Å². The van der Waals surface area contributed by atoms with E-state index in [0.29, 0.717) is 5.02 Å². The van der Waals surface area contributed by atoms with Crippen LogP contribution in [0.15, 0.2) is 30.5 Å². The molecule has 1 fully saturated rings. The summed E-state index contributed by atoms with van der Waals surface area (Å²) in [4.78, 5) is 7.63. The van der Waals surface area contributed by atoms with Gasteiger partial charge in [0.1, 0.15) is 11.2 Å². The number of hydrogen-bond acceptors (Lipinski definition) is 2. The monoisotopic (exact) mass is 257 g/mol. The molecule has 0 unspecified atom stereocenters. The van der Waals surface area contributed by atoms with Crippen molar-refractivity contribution in [2.24, 2.45) is 0 Å². The summed E-state index contributed by atoms with van der Waals surface area (Å²) in [6, 6.07) is 9.97. The van der Waals surface area contributed by atoms with Crippen molar-refractivity contribution in [1.29, 1.82) is 5.26 Å². The first-order valence-corrected chi connectivity index (χ1v) is 6.34. The van der Waals surface area contributed by atoms with Gasteiger partial charge in [0, 0.05) is 5.02 Å². The van der Waals surface area contributed by atoms with Crippen LogP contribution >= 0.6 is 11.6 Å². The Morgan fingerprint density at radius 3 is 2.56 bits per heavy atom. The van der Waals surface area contributed by atoms with Gasteiger partial charge >= 0.3 is 0 Å². The number of rotatable bonds is 2. The third-order valence-electron chi connectivity index (χ3n) is 3.61. The molecule has 1 aromatic heterocycles. The number of aromatic nitrogens is 2. The molecular weight excluding hydrogens is 246 g/mol. The molecule has 0 saturated heterocycles. The molecule has 90 valence electrons. The van der Waals surface area contributed by atoms with Gasteiger partial charge in [-0.2, -0.15) is 5.26 Å². The van der Waals surface area contributed by atoms with Crippen LogP contribution < -0.4 is 0 Å². The highest BCUT2D eigenvalue weighted by atomic mass is 35.5. The van der Waals surface area contributed by atoms with Crippen LogP contribution in [-0.2, 0) is 5.41 Å². The molecule has 1 saturated carbocycles. The van der Waals surface area contributed by atoms with Gasteiger partial charge in [-0.15, -0.1) is 0 Å². The zero-order chi connectivity index (χ0) is 12.6. The van der Waals surface area contributed by atoms with E-state index >= 15 is 0 Å². The van der Waals surface area contributed by atoms with E-state index in [0.717, 1.165) is 36.3 Å². The maximum absolute atomic E-state index is 9.28. The molecule has 0 spiro atoms. The molecule has 0 amide bonds. The predicted octanol–water partition coefficient (Wildman–Crippen LogP) is 3.68. The van der Waals surface area contributed by atoms with E-state index in [1.54, 1.807) is 6.20 Å². The van der Waals surface area contributed by atoms with Crippen molar-refractivity contribution in [2.45, 2.75) is 24.7 Å². The lowest BCUT2D eigenvalue weighted by atomic mass is 9.69. The van der Waals surface area contributed by atoms with Gasteiger partial charge in [-0.3, -0.25) is 0 Å². The number of benzene rings is 1. The Kier molecular flexibility index (Phi) is 2.61. The molecule has 1 aliphatic rings. The van der Waals surface area contributed by atoms with Crippen LogP contribution in [0.1, 0.15) is 25.1 Å². The molecule has 18 heavy (non-hydrogen) atoms. The maximum Gasteiger partial charge on any atom is 0.127 e. The summed E-state index contributed by atoms with van der Waals surface area (Å²) in [7, 11) is 0. The Morgan fingerprint density at radius 2 is 2.00 bits per heavy atom. The zero-order valence-corrected chi connectivity index (χ0v) is 10.5. The average Bonchev–Trinajstić information content (AvgIpc) is 2.79. The van der Waals surface area contributed by atoms with Gasteiger partial charge in [-0.05, 0) is 37.0 Å². The fourth-order valence-corrected chi connectivity index (χ4v) is 2.40. The number of imidazole rings is 1. The summed E-state index contributed by atoms with van der Waals surface area (Å²) in [6.45, 7) is 0. The predicted molar refractivity (Wildman–Crippen MR) is 70.2 cm³/mol. The Balaban J connectivity index is 1.95. The van der Waals surface area contributed by atoms with E-state index in [1.807, 2.05) is 24.3 Å². The minimum absolute atomic E-state index is 0.384. The lowest BCUT2D eigenvalue weighted by Gasteiger charge is -2.32. The van der Waals surface area contributed by atoms with E-state index in [-0.39, 0.29) is 5.41 Å². The van der Waals surface area contributed by atoms with Crippen molar-refractivity contribution in [1.82, 2.24) is 9.97 Å². The SMILES string of the molecule is N#CC1(c2ncc(-c3ccc(Cl)cc3)[nH]2)CCC1. The molecule has 1 N–H and O–H groups in total. The van der Waals surface area contributed by atoms with Gasteiger partial charge in [0.05, 0.1) is 18.0 Å². The van der Waals surface area contributed by atoms with Crippen molar-refractivity contribution in [2.75, 3.05) is 0 Å². The third-order valence-corrected chi connectivity index (χ3v) is 3.86. The molecule has 0 bridgehead atoms. The number of nitrogens with zero attached hydrogens (tertiary/aromatic N) is 2. The zero-order valence-electron chi connectivity index (χ0n) is 9.78. The Bertz CT molecular complexity index is 603. The van der Waals surface area contributed by atoms with Gasteiger partial charge < -0.3 is 4.98 Å². The highest BCUT2D eigenvalue weighted by molar-refractivity contribution is 6.30. The molecule has 4 heteroatoms. The quantitative estimate of drug-likeness (QED) is 0.892. The van der Waals surface area contributed by atoms with Crippen molar-refractivity contribution < 1.29 is 0 Å². The Labute approximate surface area is 110 Å². The van der Waals surface area contributed by atoms with Gasteiger partial charge in [-0.1, -0.05) is 23.7 Å². The summed E-state index contributed by atoms with van der Waals surface area (Å²) in [5.41, 5.74) is 1.58. The number of hydrogen-bond donors (Lipinski definition) is 1. The lowest BCUT2D eigenvalue weighted by Crippen LogP contribution is -2.33. The molecule has 1 aliphatic carbocycles. The van der Waals surface area contributed by atoms with Crippen LogP contribution in [0.5, 0.6) is 0 Å². The minimum atomic E-state index is -0.384. The molecule has 0 atom stereocenters. The van der Waals surface area contributed by atoms with Crippen molar-refractivity contribution in [3.8, 4) is 17.3 Å². The van der Waals surface area contributed by atoms with E-state index in [4.69, 9.17) is 11.6 Å². The highest BCUT2D eigenvalue weighted by Crippen LogP contribution is 2.42. The van der Waals surface area contributed by atoms with E-state index in [2.05, 4.69) is 16.0 Å². The number of nitriles is 1. The fraction of sp³-hybridized carbons (Fsp3) is 0.286. The van der Waals surface area contributed by atoms with Gasteiger partial charge in [-0.25, -0.2) is 4.98 Å². The lowest BCUT2D eigenvalue weighted by molar-refractivity contribution is 0.309. The maximum atomic E-state index is 9.28. The number of halogens is 1. The van der Waals surface area contributed by atoms with Crippen LogP contribution in [0.4, 0.5) is 0 Å². The molecule has 1 heterocycles. The average molecular weight is 258 g/mol. The van der Waals surface area contributed by atoms with Gasteiger partial charge in [0.25, 0.3) is 0 Å². The molecule has 0 radical (unpaired) electrons. The van der Waals surface area contributed by atoms with E-state index < -0.39 is 0 Å². The first-order valence-electron chi connectivity index (χ1n) is 5.96. The largest absolute Gasteiger partial charge is 0.341 e. The normalized spacial score (nSPS) is 16.9. The Hall–Kier alpha value is -1.79. The van der Waals surface area contributed by atoms with Crippen LogP contribution in [0.25, 0.3) is 11.3 Å². The van der Waals surface area contributed by atoms with Crippen LogP contribution in [0.3, 0.4) is 0 Å². The van der Waals surface area contributed by atoms with Crippen molar-refractivity contribution in [3.05, 3.63) is 41.3 Å². The van der Waals surface area contributed by atoms with E-state index in [1.165, 1.54) is 0 Å². The molecule has 1 aromatic carbocycles. The summed E-state index contributed by atoms with van der Waals surface area (Å²) >= 11 is 5.86. The highest BCUT2D eigenvalue weighted by Gasteiger charge is 2.41. The van der Waals surface area contributed by atoms with Crippen molar-refractivity contribution in [3.63, 3.8) is 0 Å². The number of H-pyrrole nitrogens is 1. The number of nitrogens with one attached hydrogen (secondary N) is 1. The first kappa shape index (κ1) is 11.3. The molecule has 2 aromatic rings. The van der Waals surface area contributed by atoms with Gasteiger partial charge in [0.15, 0.2) is 0 Å². The van der Waals surface area contributed by atoms with Crippen LogP contribution in [-0.4, -0.2) is 9.97 Å². The number of aromatic amines is 1. The molecular formula is C14H12ClN3. The van der Waals surface area contributed by atoms with Crippen molar-refractivity contribution >= 4 is 11.6 Å². The second-order valence-corrected chi connectivity index (χ2v) is 5.14. The van der Waals surface area contributed by atoms with Crippen LogP contribution in [0, 0.1) is 11.3 Å². The summed E-state index contributed by atoms with van der Waals surface area (Å²) in [5.74, 6) is 0.793. The van der Waals surface area contributed by atoms with E-state index in [9.17, 15) is 5.26 Å².